The van der Waals surface area contributed by atoms with Gasteiger partial charge in [-0.05, 0) is 102 Å². The normalized spacial score (nSPS) is 21.4. The van der Waals surface area contributed by atoms with Crippen molar-refractivity contribution in [3.05, 3.63) is 12.7 Å². The van der Waals surface area contributed by atoms with E-state index in [2.05, 4.69) is 30.5 Å². The number of anilines is 1. The van der Waals surface area contributed by atoms with Crippen LogP contribution < -0.4 is 10.6 Å². The van der Waals surface area contributed by atoms with Crippen LogP contribution in [0.25, 0.3) is 11.2 Å². The first-order valence-electron chi connectivity index (χ1n) is 18.9. The summed E-state index contributed by atoms with van der Waals surface area (Å²) in [4.78, 5) is 66.6. The van der Waals surface area contributed by atoms with Gasteiger partial charge in [0.1, 0.15) is 47.5 Å². The molecule has 4 rings (SSSR count). The van der Waals surface area contributed by atoms with Crippen LogP contribution in [0, 0.1) is 0 Å². The van der Waals surface area contributed by atoms with Crippen molar-refractivity contribution in [1.82, 2.24) is 34.6 Å². The van der Waals surface area contributed by atoms with Crippen molar-refractivity contribution in [3.8, 4) is 0 Å². The van der Waals surface area contributed by atoms with Gasteiger partial charge >= 0.3 is 24.2 Å². The topological polar surface area (TPSA) is 218 Å². The first kappa shape index (κ1) is 44.4. The number of hydrogen-bond acceptors (Lipinski definition) is 14. The molecule has 2 fully saturated rings. The van der Waals surface area contributed by atoms with Crippen molar-refractivity contribution in [2.75, 3.05) is 38.5 Å². The van der Waals surface area contributed by atoms with Gasteiger partial charge in [-0.1, -0.05) is 0 Å². The van der Waals surface area contributed by atoms with E-state index in [1.54, 1.807) is 53.2 Å². The zero-order chi connectivity index (χ0) is 41.8. The Hall–Kier alpha value is -4.33. The van der Waals surface area contributed by atoms with Crippen LogP contribution in [0.2, 0.25) is 0 Å². The number of nitrogens with one attached hydrogen (secondary N) is 2. The number of carbonyl (C=O) groups excluding carboxylic acids is 3. The quantitative estimate of drug-likeness (QED) is 0.171. The Morgan fingerprint density at radius 2 is 1.48 bits per heavy atom. The fourth-order valence-corrected chi connectivity index (χ4v) is 6.24. The Kier molecular flexibility index (Phi) is 13.8. The molecular weight excluding hydrogens is 732 g/mol. The molecule has 19 heteroatoms. The standard InChI is InChI=1S/C37H60N8O11/c1-34(2,3)54-31(48)41-22(30(46)47)15-18-44(17-14-13-16-43(12)33(50)56-36(7,8)9)19-23-25-26(53-37(10,11)52-25)29(51-23)45-21-40-24-27(38-20-39-28(24)45)42-32(49)55-35(4,5)6/h20-23,25-26,29H,13-19H2,1-12H3,(H,41,48)(H,46,47)(H,38,39,42,49)/t22-,23+,25+,26+,29+/m0/s1. The van der Waals surface area contributed by atoms with E-state index >= 15 is 0 Å². The summed E-state index contributed by atoms with van der Waals surface area (Å²) in [5, 5.41) is 15.1. The van der Waals surface area contributed by atoms with E-state index in [9.17, 15) is 24.3 Å². The van der Waals surface area contributed by atoms with Crippen LogP contribution in [0.15, 0.2) is 12.7 Å². The van der Waals surface area contributed by atoms with Crippen molar-refractivity contribution in [1.29, 1.82) is 0 Å². The third-order valence-corrected chi connectivity index (χ3v) is 8.46. The molecule has 0 radical (unpaired) electrons. The van der Waals surface area contributed by atoms with Crippen LogP contribution in [-0.2, 0) is 33.2 Å². The molecule has 56 heavy (non-hydrogen) atoms. The fraction of sp³-hybridized carbons (Fsp3) is 0.757. The van der Waals surface area contributed by atoms with Crippen molar-refractivity contribution in [2.24, 2.45) is 0 Å². The number of ether oxygens (including phenoxy) is 6. The van der Waals surface area contributed by atoms with Crippen molar-refractivity contribution < 1.29 is 52.7 Å². The van der Waals surface area contributed by atoms with Gasteiger partial charge in [0.05, 0.1) is 6.33 Å². The van der Waals surface area contributed by atoms with E-state index in [4.69, 9.17) is 28.4 Å². The van der Waals surface area contributed by atoms with Gasteiger partial charge in [-0.15, -0.1) is 0 Å². The number of hydrogen-bond donors (Lipinski definition) is 3. The molecule has 0 aliphatic carbocycles. The number of alkyl carbamates (subject to hydrolysis) is 1. The number of rotatable bonds is 14. The summed E-state index contributed by atoms with van der Waals surface area (Å²) in [7, 11) is 1.68. The lowest BCUT2D eigenvalue weighted by molar-refractivity contribution is -0.198. The molecular formula is C37H60N8O11. The molecule has 0 unspecified atom stereocenters. The minimum absolute atomic E-state index is 0.0655. The highest BCUT2D eigenvalue weighted by atomic mass is 16.8. The van der Waals surface area contributed by atoms with Gasteiger partial charge in [-0.3, -0.25) is 9.88 Å². The van der Waals surface area contributed by atoms with Crippen molar-refractivity contribution in [3.63, 3.8) is 0 Å². The monoisotopic (exact) mass is 792 g/mol. The van der Waals surface area contributed by atoms with Gasteiger partial charge in [0.15, 0.2) is 29.0 Å². The highest BCUT2D eigenvalue weighted by molar-refractivity contribution is 5.93. The Labute approximate surface area is 328 Å². The second-order valence-corrected chi connectivity index (χ2v) is 17.5. The van der Waals surface area contributed by atoms with Gasteiger partial charge in [0, 0.05) is 26.7 Å². The number of unbranched alkanes of at least 4 members (excludes halogenated alkanes) is 1. The van der Waals surface area contributed by atoms with Gasteiger partial charge in [0.25, 0.3) is 0 Å². The van der Waals surface area contributed by atoms with Crippen molar-refractivity contribution >= 4 is 41.2 Å². The molecule has 2 aromatic rings. The summed E-state index contributed by atoms with van der Waals surface area (Å²) in [6.45, 7) is 20.9. The summed E-state index contributed by atoms with van der Waals surface area (Å²) in [6, 6.07) is -1.22. The maximum Gasteiger partial charge on any atom is 0.413 e. The van der Waals surface area contributed by atoms with Crippen LogP contribution in [0.3, 0.4) is 0 Å². The number of aromatic nitrogens is 4. The van der Waals surface area contributed by atoms with E-state index in [0.717, 1.165) is 0 Å². The van der Waals surface area contributed by atoms with Crippen LogP contribution in [-0.4, -0.2) is 139 Å². The zero-order valence-electron chi connectivity index (χ0n) is 34.7. The molecule has 2 aliphatic heterocycles. The third-order valence-electron chi connectivity index (χ3n) is 8.46. The number of carbonyl (C=O) groups is 4. The van der Waals surface area contributed by atoms with Gasteiger partial charge in [0.2, 0.25) is 0 Å². The number of nitrogens with zero attached hydrogens (tertiary/aromatic N) is 6. The average molecular weight is 793 g/mol. The lowest BCUT2D eigenvalue weighted by atomic mass is 10.1. The fourth-order valence-electron chi connectivity index (χ4n) is 6.24. The summed E-state index contributed by atoms with van der Waals surface area (Å²) >= 11 is 0. The predicted octanol–water partition coefficient (Wildman–Crippen LogP) is 4.91. The van der Waals surface area contributed by atoms with Crippen LogP contribution >= 0.6 is 0 Å². The summed E-state index contributed by atoms with van der Waals surface area (Å²) < 4.78 is 37.3. The molecule has 314 valence electrons. The van der Waals surface area contributed by atoms with E-state index < -0.39 is 77.4 Å². The highest BCUT2D eigenvalue weighted by Gasteiger charge is 2.56. The highest BCUT2D eigenvalue weighted by Crippen LogP contribution is 2.44. The molecule has 0 aromatic carbocycles. The maximum absolute atomic E-state index is 12.6. The van der Waals surface area contributed by atoms with Gasteiger partial charge < -0.3 is 48.6 Å². The van der Waals surface area contributed by atoms with E-state index in [1.807, 2.05) is 34.6 Å². The minimum atomic E-state index is -1.22. The molecule has 5 atom stereocenters. The van der Waals surface area contributed by atoms with E-state index in [1.165, 1.54) is 17.6 Å². The Balaban J connectivity index is 1.54. The number of carboxylic acid groups (broad SMARTS) is 1. The largest absolute Gasteiger partial charge is 0.480 e. The first-order chi connectivity index (χ1) is 25.8. The molecule has 4 heterocycles. The molecule has 2 saturated heterocycles. The number of aliphatic carboxylic acids is 1. The van der Waals surface area contributed by atoms with Gasteiger partial charge in [-0.2, -0.15) is 0 Å². The molecule has 0 bridgehead atoms. The van der Waals surface area contributed by atoms with Gasteiger partial charge in [-0.25, -0.2) is 34.1 Å². The molecule has 3 amide bonds. The summed E-state index contributed by atoms with van der Waals surface area (Å²) in [5.74, 6) is -1.99. The second-order valence-electron chi connectivity index (χ2n) is 17.5. The van der Waals surface area contributed by atoms with Crippen molar-refractivity contribution in [2.45, 2.75) is 149 Å². The molecule has 0 spiro atoms. The Bertz CT molecular complexity index is 1700. The lowest BCUT2D eigenvalue weighted by Gasteiger charge is -2.30. The Morgan fingerprint density at radius 1 is 0.875 bits per heavy atom. The minimum Gasteiger partial charge on any atom is -0.480 e. The summed E-state index contributed by atoms with van der Waals surface area (Å²) in [6.07, 6.45) is -0.178. The number of amides is 3. The molecule has 2 aromatic heterocycles. The molecule has 2 aliphatic rings. The molecule has 0 saturated carbocycles. The first-order valence-corrected chi connectivity index (χ1v) is 18.9. The zero-order valence-corrected chi connectivity index (χ0v) is 34.7. The second kappa shape index (κ2) is 17.4. The lowest BCUT2D eigenvalue weighted by Crippen LogP contribution is -2.46. The average Bonchev–Trinajstić information content (AvgIpc) is 3.69. The molecule has 3 N–H and O–H groups in total. The maximum atomic E-state index is 12.6. The SMILES string of the molecule is CN(CCCCN(CC[C@H](NC(=O)OC(C)(C)C)C(=O)O)C[C@H]1O[C@@H](n2cnc3c(NC(=O)OC(C)(C)C)ncnc32)[C@@H]2OC(C)(C)O[C@@H]21)C(=O)OC(C)(C)C. The molecule has 19 nitrogen and oxygen atoms in total. The number of fused-ring (bicyclic) bond motifs is 2. The number of imidazole rings is 1. The third kappa shape index (κ3) is 12.9. The number of carboxylic acids is 1. The smallest absolute Gasteiger partial charge is 0.413 e. The predicted molar refractivity (Wildman–Crippen MR) is 203 cm³/mol. The summed E-state index contributed by atoms with van der Waals surface area (Å²) in [5.41, 5.74) is -1.46. The van der Waals surface area contributed by atoms with E-state index in [0.29, 0.717) is 43.6 Å². The van der Waals surface area contributed by atoms with Crippen LogP contribution in [0.1, 0.15) is 102 Å². The van der Waals surface area contributed by atoms with Crippen LogP contribution in [0.5, 0.6) is 0 Å². The Morgan fingerprint density at radius 3 is 2.11 bits per heavy atom. The van der Waals surface area contributed by atoms with Crippen LogP contribution in [0.4, 0.5) is 20.2 Å². The van der Waals surface area contributed by atoms with E-state index in [-0.39, 0.29) is 18.8 Å².